The van der Waals surface area contributed by atoms with E-state index in [1.807, 2.05) is 30.3 Å². The van der Waals surface area contributed by atoms with Crippen molar-refractivity contribution in [3.8, 4) is 5.75 Å². The fourth-order valence-corrected chi connectivity index (χ4v) is 1.80. The zero-order valence-corrected chi connectivity index (χ0v) is 11.6. The summed E-state index contributed by atoms with van der Waals surface area (Å²) in [5.74, 6) is -0.653. The van der Waals surface area contributed by atoms with Crippen LogP contribution in [0.4, 0.5) is 0 Å². The van der Waals surface area contributed by atoms with Gasteiger partial charge in [-0.2, -0.15) is 5.10 Å². The molecule has 5 heteroatoms. The number of hydrogen-bond donors (Lipinski definition) is 2. The molecule has 2 rings (SSSR count). The van der Waals surface area contributed by atoms with Gasteiger partial charge in [-0.15, -0.1) is 0 Å². The van der Waals surface area contributed by atoms with E-state index >= 15 is 0 Å². The van der Waals surface area contributed by atoms with Gasteiger partial charge in [0.2, 0.25) is 0 Å². The molecule has 0 heterocycles. The maximum Gasteiger partial charge on any atom is 0.275 e. The summed E-state index contributed by atoms with van der Waals surface area (Å²) in [6, 6.07) is 13.7. The second-order valence-electron chi connectivity index (χ2n) is 4.17. The average Bonchev–Trinajstić information content (AvgIpc) is 2.47. The van der Waals surface area contributed by atoms with Gasteiger partial charge in [-0.3, -0.25) is 4.79 Å². The molecule has 20 heavy (non-hydrogen) atoms. The molecule has 0 aliphatic heterocycles. The predicted octanol–water partition coefficient (Wildman–Crippen LogP) is 3.20. The van der Waals surface area contributed by atoms with Crippen molar-refractivity contribution in [3.63, 3.8) is 0 Å². The highest BCUT2D eigenvalue weighted by Crippen LogP contribution is 2.21. The average molecular weight is 289 g/mol. The minimum Gasteiger partial charge on any atom is -0.507 e. The topological polar surface area (TPSA) is 61.7 Å². The summed E-state index contributed by atoms with van der Waals surface area (Å²) in [4.78, 5) is 11.9. The molecule has 0 bridgehead atoms. The Hall–Kier alpha value is -2.33. The number of hydrogen-bond acceptors (Lipinski definition) is 3. The van der Waals surface area contributed by atoms with Crippen molar-refractivity contribution >= 4 is 23.2 Å². The lowest BCUT2D eigenvalue weighted by Crippen LogP contribution is -2.19. The van der Waals surface area contributed by atoms with Crippen LogP contribution in [0.3, 0.4) is 0 Å². The molecular weight excluding hydrogens is 276 g/mol. The van der Waals surface area contributed by atoms with Crippen molar-refractivity contribution in [2.45, 2.75) is 6.92 Å². The van der Waals surface area contributed by atoms with E-state index in [4.69, 9.17) is 11.6 Å². The smallest absolute Gasteiger partial charge is 0.275 e. The molecule has 0 aliphatic rings. The van der Waals surface area contributed by atoms with Gasteiger partial charge < -0.3 is 5.11 Å². The first-order valence-corrected chi connectivity index (χ1v) is 6.34. The first-order chi connectivity index (χ1) is 9.58. The third-order valence-electron chi connectivity index (χ3n) is 2.72. The largest absolute Gasteiger partial charge is 0.507 e. The highest BCUT2D eigenvalue weighted by molar-refractivity contribution is 6.31. The lowest BCUT2D eigenvalue weighted by Gasteiger charge is -2.05. The Bertz CT molecular complexity index is 654. The van der Waals surface area contributed by atoms with E-state index in [9.17, 15) is 9.90 Å². The molecule has 0 aliphatic carbocycles. The predicted molar refractivity (Wildman–Crippen MR) is 79.2 cm³/mol. The molecule has 0 saturated heterocycles. The molecule has 0 unspecified atom stereocenters. The fraction of sp³-hybridized carbons (Fsp3) is 0.0667. The van der Waals surface area contributed by atoms with Crippen molar-refractivity contribution in [1.82, 2.24) is 5.43 Å². The van der Waals surface area contributed by atoms with Gasteiger partial charge >= 0.3 is 0 Å². The molecule has 0 atom stereocenters. The molecule has 102 valence electrons. The molecule has 2 aromatic carbocycles. The van der Waals surface area contributed by atoms with E-state index in [0.29, 0.717) is 10.7 Å². The maximum atomic E-state index is 11.9. The molecule has 4 nitrogen and oxygen atoms in total. The first-order valence-electron chi connectivity index (χ1n) is 5.96. The number of amides is 1. The lowest BCUT2D eigenvalue weighted by atomic mass is 10.1. The van der Waals surface area contributed by atoms with Crippen LogP contribution in [0, 0.1) is 0 Å². The summed E-state index contributed by atoms with van der Waals surface area (Å²) in [6.07, 6.45) is 0. The summed E-state index contributed by atoms with van der Waals surface area (Å²) < 4.78 is 0. The summed E-state index contributed by atoms with van der Waals surface area (Å²) >= 11 is 5.79. The van der Waals surface area contributed by atoms with Crippen LogP contribution in [0.1, 0.15) is 22.8 Å². The highest BCUT2D eigenvalue weighted by Gasteiger charge is 2.11. The van der Waals surface area contributed by atoms with Crippen molar-refractivity contribution < 1.29 is 9.90 Å². The van der Waals surface area contributed by atoms with Crippen LogP contribution >= 0.6 is 11.6 Å². The maximum absolute atomic E-state index is 11.9. The summed E-state index contributed by atoms with van der Waals surface area (Å²) in [5.41, 5.74) is 4.05. The number of hydrazone groups is 1. The van der Waals surface area contributed by atoms with Crippen LogP contribution in [0.15, 0.2) is 53.6 Å². The van der Waals surface area contributed by atoms with Gasteiger partial charge in [0.15, 0.2) is 0 Å². The molecule has 0 spiro atoms. The number of phenols is 1. The van der Waals surface area contributed by atoms with E-state index in [0.717, 1.165) is 5.56 Å². The Balaban J connectivity index is 2.14. The van der Waals surface area contributed by atoms with E-state index in [2.05, 4.69) is 10.5 Å². The molecule has 2 N–H and O–H groups in total. The Kier molecular flexibility index (Phi) is 4.38. The third-order valence-corrected chi connectivity index (χ3v) is 2.96. The van der Waals surface area contributed by atoms with Gasteiger partial charge in [0.25, 0.3) is 5.91 Å². The van der Waals surface area contributed by atoms with Gasteiger partial charge in [0.05, 0.1) is 11.3 Å². The number of rotatable bonds is 3. The van der Waals surface area contributed by atoms with E-state index in [-0.39, 0.29) is 11.3 Å². The fourth-order valence-electron chi connectivity index (χ4n) is 1.63. The van der Waals surface area contributed by atoms with Crippen LogP contribution in [0.2, 0.25) is 5.02 Å². The normalized spacial score (nSPS) is 11.2. The van der Waals surface area contributed by atoms with Gasteiger partial charge in [0, 0.05) is 5.02 Å². The van der Waals surface area contributed by atoms with Crippen LogP contribution in [0.5, 0.6) is 5.75 Å². The molecule has 0 aromatic heterocycles. The van der Waals surface area contributed by atoms with E-state index < -0.39 is 5.91 Å². The van der Waals surface area contributed by atoms with E-state index in [1.165, 1.54) is 18.2 Å². The quantitative estimate of drug-likeness (QED) is 0.673. The van der Waals surface area contributed by atoms with Gasteiger partial charge in [0.1, 0.15) is 5.75 Å². The van der Waals surface area contributed by atoms with Crippen molar-refractivity contribution in [3.05, 3.63) is 64.7 Å². The van der Waals surface area contributed by atoms with Crippen molar-refractivity contribution in [2.75, 3.05) is 0 Å². The molecule has 0 fully saturated rings. The van der Waals surface area contributed by atoms with Crippen LogP contribution < -0.4 is 5.43 Å². The van der Waals surface area contributed by atoms with Crippen molar-refractivity contribution in [2.24, 2.45) is 5.10 Å². The first kappa shape index (κ1) is 14.1. The second kappa shape index (κ2) is 6.21. The zero-order valence-electron chi connectivity index (χ0n) is 10.8. The van der Waals surface area contributed by atoms with E-state index in [1.54, 1.807) is 6.92 Å². The SMILES string of the molecule is C/C(=N/NC(=O)c1cc(Cl)ccc1O)c1ccccc1. The number of phenolic OH excluding ortho intramolecular Hbond substituents is 1. The number of aromatic hydroxyl groups is 1. The Labute approximate surface area is 121 Å². The minimum atomic E-state index is -0.514. The number of carbonyl (C=O) groups is 1. The number of carbonyl (C=O) groups excluding carboxylic acids is 1. The van der Waals surface area contributed by atoms with Crippen molar-refractivity contribution in [1.29, 1.82) is 0 Å². The lowest BCUT2D eigenvalue weighted by molar-refractivity contribution is 0.0952. The number of nitrogens with zero attached hydrogens (tertiary/aromatic N) is 1. The Morgan fingerprint density at radius 1 is 1.20 bits per heavy atom. The van der Waals surface area contributed by atoms with Crippen LogP contribution in [-0.4, -0.2) is 16.7 Å². The van der Waals surface area contributed by atoms with Crippen LogP contribution in [0.25, 0.3) is 0 Å². The second-order valence-corrected chi connectivity index (χ2v) is 4.60. The zero-order chi connectivity index (χ0) is 14.5. The Morgan fingerprint density at radius 2 is 1.90 bits per heavy atom. The van der Waals surface area contributed by atoms with Gasteiger partial charge in [-0.25, -0.2) is 5.43 Å². The summed E-state index contributed by atoms with van der Waals surface area (Å²) in [5, 5.41) is 14.0. The van der Waals surface area contributed by atoms with Gasteiger partial charge in [-0.05, 0) is 30.7 Å². The van der Waals surface area contributed by atoms with Crippen LogP contribution in [-0.2, 0) is 0 Å². The molecule has 1 amide bonds. The minimum absolute atomic E-state index is 0.0853. The summed E-state index contributed by atoms with van der Waals surface area (Å²) in [7, 11) is 0. The number of nitrogens with one attached hydrogen (secondary N) is 1. The molecule has 0 saturated carbocycles. The standard InChI is InChI=1S/C15H13ClN2O2/c1-10(11-5-3-2-4-6-11)17-18-15(20)13-9-12(16)7-8-14(13)19/h2-9,19H,1H3,(H,18,20)/b17-10-. The summed E-state index contributed by atoms with van der Waals surface area (Å²) in [6.45, 7) is 1.79. The number of benzene rings is 2. The Morgan fingerprint density at radius 3 is 2.60 bits per heavy atom. The monoisotopic (exact) mass is 288 g/mol. The highest BCUT2D eigenvalue weighted by atomic mass is 35.5. The molecule has 2 aromatic rings. The molecular formula is C15H13ClN2O2. The number of halogens is 1. The van der Waals surface area contributed by atoms with Gasteiger partial charge in [-0.1, -0.05) is 41.9 Å². The third kappa shape index (κ3) is 3.36. The molecule has 0 radical (unpaired) electrons.